The molecule has 2 unspecified atom stereocenters. The predicted molar refractivity (Wildman–Crippen MR) is 38.8 cm³/mol. The summed E-state index contributed by atoms with van der Waals surface area (Å²) in [5.74, 6) is 0.613. The van der Waals surface area contributed by atoms with Crippen molar-refractivity contribution in [2.45, 2.75) is 32.6 Å². The number of carboxylic acids is 1. The fourth-order valence-corrected chi connectivity index (χ4v) is 1.51. The molecule has 2 nitrogen and oxygen atoms in total. The Bertz CT molecular complexity index is 131. The molecule has 1 saturated carbocycles. The summed E-state index contributed by atoms with van der Waals surface area (Å²) in [5, 5.41) is 8.41. The maximum atomic E-state index is 10.2. The highest BCUT2D eigenvalue weighted by Crippen LogP contribution is 2.44. The Morgan fingerprint density at radius 2 is 2.30 bits per heavy atom. The van der Waals surface area contributed by atoms with Crippen molar-refractivity contribution in [3.63, 3.8) is 0 Å². The van der Waals surface area contributed by atoms with Gasteiger partial charge in [-0.15, -0.1) is 0 Å². The van der Waals surface area contributed by atoms with E-state index in [9.17, 15) is 4.79 Å². The molecule has 0 aromatic rings. The summed E-state index contributed by atoms with van der Waals surface area (Å²) in [5.41, 5.74) is 0. The van der Waals surface area contributed by atoms with E-state index in [1.54, 1.807) is 0 Å². The van der Waals surface area contributed by atoms with Gasteiger partial charge in [0, 0.05) is 6.42 Å². The first-order valence-corrected chi connectivity index (χ1v) is 3.95. The van der Waals surface area contributed by atoms with Crippen molar-refractivity contribution in [1.82, 2.24) is 0 Å². The van der Waals surface area contributed by atoms with Gasteiger partial charge in [-0.25, -0.2) is 0 Å². The lowest BCUT2D eigenvalue weighted by molar-refractivity contribution is -0.137. The Morgan fingerprint density at radius 1 is 1.60 bits per heavy atom. The minimum Gasteiger partial charge on any atom is -0.481 e. The maximum absolute atomic E-state index is 10.2. The first-order valence-electron chi connectivity index (χ1n) is 3.95. The predicted octanol–water partition coefficient (Wildman–Crippen LogP) is 1.90. The van der Waals surface area contributed by atoms with Gasteiger partial charge < -0.3 is 5.11 Å². The molecule has 1 aliphatic carbocycles. The first kappa shape index (κ1) is 7.58. The van der Waals surface area contributed by atoms with Gasteiger partial charge in [0.25, 0.3) is 0 Å². The van der Waals surface area contributed by atoms with E-state index in [-0.39, 0.29) is 0 Å². The van der Waals surface area contributed by atoms with Crippen LogP contribution in [0.15, 0.2) is 0 Å². The summed E-state index contributed by atoms with van der Waals surface area (Å²) >= 11 is 0. The molecule has 0 aromatic carbocycles. The van der Waals surface area contributed by atoms with Gasteiger partial charge in [0.1, 0.15) is 0 Å². The van der Waals surface area contributed by atoms with Crippen molar-refractivity contribution < 1.29 is 9.90 Å². The molecule has 1 rings (SSSR count). The van der Waals surface area contributed by atoms with Gasteiger partial charge in [-0.2, -0.15) is 0 Å². The standard InChI is InChI=1S/C8H14O2/c1-2-3-6-4-7(6)5-8(9)10/h6-7H,2-5H2,1H3,(H,9,10). The first-order chi connectivity index (χ1) is 4.74. The number of aliphatic carboxylic acids is 1. The SMILES string of the molecule is CCCC1CC1CC(=O)O. The van der Waals surface area contributed by atoms with E-state index in [4.69, 9.17) is 5.11 Å². The number of rotatable bonds is 4. The monoisotopic (exact) mass is 142 g/mol. The van der Waals surface area contributed by atoms with Crippen molar-refractivity contribution in [3.8, 4) is 0 Å². The highest BCUT2D eigenvalue weighted by atomic mass is 16.4. The molecule has 0 heterocycles. The molecule has 58 valence electrons. The van der Waals surface area contributed by atoms with E-state index in [2.05, 4.69) is 6.92 Å². The maximum Gasteiger partial charge on any atom is 0.303 e. The van der Waals surface area contributed by atoms with E-state index < -0.39 is 5.97 Å². The van der Waals surface area contributed by atoms with Crippen molar-refractivity contribution in [2.24, 2.45) is 11.8 Å². The topological polar surface area (TPSA) is 37.3 Å². The second-order valence-electron chi connectivity index (χ2n) is 3.14. The van der Waals surface area contributed by atoms with Crippen molar-refractivity contribution in [1.29, 1.82) is 0 Å². The zero-order valence-corrected chi connectivity index (χ0v) is 6.34. The second kappa shape index (κ2) is 3.04. The van der Waals surface area contributed by atoms with Crippen LogP contribution in [0.1, 0.15) is 32.6 Å². The van der Waals surface area contributed by atoms with Gasteiger partial charge in [0.2, 0.25) is 0 Å². The Balaban J connectivity index is 2.07. The zero-order valence-electron chi connectivity index (χ0n) is 6.34. The molecule has 0 aromatic heterocycles. The Morgan fingerprint density at radius 3 is 2.80 bits per heavy atom. The molecule has 0 spiro atoms. The minimum absolute atomic E-state index is 0.394. The van der Waals surface area contributed by atoms with Crippen LogP contribution < -0.4 is 0 Å². The fourth-order valence-electron chi connectivity index (χ4n) is 1.51. The molecule has 0 radical (unpaired) electrons. The Hall–Kier alpha value is -0.530. The lowest BCUT2D eigenvalue weighted by Gasteiger charge is -1.92. The third-order valence-corrected chi connectivity index (χ3v) is 2.17. The zero-order chi connectivity index (χ0) is 7.56. The average Bonchev–Trinajstić information content (AvgIpc) is 2.47. The molecule has 0 saturated heterocycles. The van der Waals surface area contributed by atoms with Crippen molar-refractivity contribution >= 4 is 5.97 Å². The molecular weight excluding hydrogens is 128 g/mol. The molecule has 2 atom stereocenters. The molecular formula is C8H14O2. The van der Waals surface area contributed by atoms with Gasteiger partial charge >= 0.3 is 5.97 Å². The molecule has 10 heavy (non-hydrogen) atoms. The number of carbonyl (C=O) groups is 1. The fraction of sp³-hybridized carbons (Fsp3) is 0.875. The van der Waals surface area contributed by atoms with E-state index in [1.807, 2.05) is 0 Å². The molecule has 2 heteroatoms. The third kappa shape index (κ3) is 2.01. The highest BCUT2D eigenvalue weighted by Gasteiger charge is 2.37. The van der Waals surface area contributed by atoms with E-state index in [0.29, 0.717) is 12.3 Å². The Kier molecular flexibility index (Phi) is 2.30. The van der Waals surface area contributed by atoms with E-state index in [1.165, 1.54) is 12.8 Å². The quantitative estimate of drug-likeness (QED) is 0.650. The summed E-state index contributed by atoms with van der Waals surface area (Å²) < 4.78 is 0. The van der Waals surface area contributed by atoms with Gasteiger partial charge in [0.05, 0.1) is 0 Å². The van der Waals surface area contributed by atoms with Crippen LogP contribution in [-0.2, 0) is 4.79 Å². The second-order valence-corrected chi connectivity index (χ2v) is 3.14. The molecule has 1 fully saturated rings. The van der Waals surface area contributed by atoms with Crippen LogP contribution in [0.25, 0.3) is 0 Å². The van der Waals surface area contributed by atoms with Gasteiger partial charge in [-0.3, -0.25) is 4.79 Å². The van der Waals surface area contributed by atoms with Gasteiger partial charge in [-0.1, -0.05) is 19.8 Å². The lowest BCUT2D eigenvalue weighted by Crippen LogP contribution is -1.96. The summed E-state index contributed by atoms with van der Waals surface area (Å²) in [7, 11) is 0. The van der Waals surface area contributed by atoms with E-state index in [0.717, 1.165) is 12.3 Å². The number of carboxylic acid groups (broad SMARTS) is 1. The van der Waals surface area contributed by atoms with Crippen LogP contribution in [0.3, 0.4) is 0 Å². The molecule has 0 aliphatic heterocycles. The Labute approximate surface area is 61.2 Å². The number of hydrogen-bond donors (Lipinski definition) is 1. The van der Waals surface area contributed by atoms with E-state index >= 15 is 0 Å². The van der Waals surface area contributed by atoms with Crippen LogP contribution in [0.4, 0.5) is 0 Å². The van der Waals surface area contributed by atoms with Crippen LogP contribution >= 0.6 is 0 Å². The normalized spacial score (nSPS) is 30.1. The van der Waals surface area contributed by atoms with Crippen LogP contribution in [0, 0.1) is 11.8 Å². The van der Waals surface area contributed by atoms with Crippen molar-refractivity contribution in [2.75, 3.05) is 0 Å². The third-order valence-electron chi connectivity index (χ3n) is 2.17. The van der Waals surface area contributed by atoms with Crippen LogP contribution in [0.5, 0.6) is 0 Å². The minimum atomic E-state index is -0.636. The van der Waals surface area contributed by atoms with Crippen LogP contribution in [0.2, 0.25) is 0 Å². The summed E-state index contributed by atoms with van der Waals surface area (Å²) in [6, 6.07) is 0. The summed E-state index contributed by atoms with van der Waals surface area (Å²) in [6.45, 7) is 2.15. The van der Waals surface area contributed by atoms with Crippen molar-refractivity contribution in [3.05, 3.63) is 0 Å². The summed E-state index contributed by atoms with van der Waals surface area (Å²) in [6.07, 6.45) is 3.96. The molecule has 0 amide bonds. The largest absolute Gasteiger partial charge is 0.481 e. The number of hydrogen-bond acceptors (Lipinski definition) is 1. The molecule has 1 aliphatic rings. The van der Waals surface area contributed by atoms with Gasteiger partial charge in [0.15, 0.2) is 0 Å². The van der Waals surface area contributed by atoms with Crippen LogP contribution in [-0.4, -0.2) is 11.1 Å². The summed E-state index contributed by atoms with van der Waals surface area (Å²) in [4.78, 5) is 10.2. The lowest BCUT2D eigenvalue weighted by atomic mass is 10.2. The molecule has 0 bridgehead atoms. The smallest absolute Gasteiger partial charge is 0.303 e. The molecule has 1 N–H and O–H groups in total. The highest BCUT2D eigenvalue weighted by molar-refractivity contribution is 5.67. The van der Waals surface area contributed by atoms with Gasteiger partial charge in [-0.05, 0) is 18.3 Å². The average molecular weight is 142 g/mol.